The summed E-state index contributed by atoms with van der Waals surface area (Å²) in [4.78, 5) is 0. The van der Waals surface area contributed by atoms with E-state index in [9.17, 15) is 8.78 Å². The van der Waals surface area contributed by atoms with E-state index in [-0.39, 0.29) is 0 Å². The van der Waals surface area contributed by atoms with Crippen LogP contribution in [0.1, 0.15) is 28.3 Å². The lowest BCUT2D eigenvalue weighted by Gasteiger charge is -2.19. The number of nitrogens with two attached hydrogens (primary N) is 1. The van der Waals surface area contributed by atoms with E-state index >= 15 is 0 Å². The number of alkyl halides is 2. The Balaban J connectivity index is 3.18. The molecule has 0 heterocycles. The van der Waals surface area contributed by atoms with Crippen LogP contribution in [0.3, 0.4) is 0 Å². The second kappa shape index (κ2) is 4.68. The van der Waals surface area contributed by atoms with Gasteiger partial charge in [0.2, 0.25) is 0 Å². The maximum Gasteiger partial charge on any atom is 0.259 e. The number of hydrogen-bond donors (Lipinski definition) is 2. The first kappa shape index (κ1) is 12.1. The van der Waals surface area contributed by atoms with Crippen molar-refractivity contribution < 1.29 is 8.78 Å². The van der Waals surface area contributed by atoms with Crippen molar-refractivity contribution in [2.24, 2.45) is 5.84 Å². The molecule has 0 aliphatic carbocycles. The third kappa shape index (κ3) is 2.52. The molecule has 3 N–H and O–H groups in total. The first-order chi connectivity index (χ1) is 6.97. The van der Waals surface area contributed by atoms with E-state index in [1.807, 2.05) is 26.8 Å². The molecule has 1 atom stereocenters. The average molecular weight is 214 g/mol. The second-order valence-electron chi connectivity index (χ2n) is 3.77. The van der Waals surface area contributed by atoms with E-state index in [4.69, 9.17) is 5.84 Å². The Kier molecular flexibility index (Phi) is 3.77. The lowest BCUT2D eigenvalue weighted by molar-refractivity contribution is 0.0983. The van der Waals surface area contributed by atoms with Crippen molar-refractivity contribution in [3.05, 3.63) is 34.4 Å². The van der Waals surface area contributed by atoms with Gasteiger partial charge in [-0.05, 0) is 43.0 Å². The molecule has 4 heteroatoms. The van der Waals surface area contributed by atoms with Crippen molar-refractivity contribution >= 4 is 0 Å². The van der Waals surface area contributed by atoms with E-state index in [0.29, 0.717) is 5.56 Å². The number of hydrazine groups is 1. The summed E-state index contributed by atoms with van der Waals surface area (Å²) < 4.78 is 25.3. The predicted octanol–water partition coefficient (Wildman–Crippen LogP) is 2.38. The number of halogens is 2. The molecule has 1 rings (SSSR count). The van der Waals surface area contributed by atoms with E-state index in [1.54, 1.807) is 6.07 Å². The number of nitrogens with one attached hydrogen (secondary N) is 1. The molecule has 0 bridgehead atoms. The minimum absolute atomic E-state index is 0.565. The molecule has 0 aromatic heterocycles. The van der Waals surface area contributed by atoms with E-state index in [1.165, 1.54) is 0 Å². The number of aryl methyl sites for hydroxylation is 3. The third-order valence-corrected chi connectivity index (χ3v) is 2.65. The number of rotatable bonds is 3. The van der Waals surface area contributed by atoms with Crippen molar-refractivity contribution in [3.63, 3.8) is 0 Å². The molecular weight excluding hydrogens is 198 g/mol. The third-order valence-electron chi connectivity index (χ3n) is 2.65. The summed E-state index contributed by atoms with van der Waals surface area (Å²) in [5.41, 5.74) is 5.65. The van der Waals surface area contributed by atoms with Crippen LogP contribution >= 0.6 is 0 Å². The van der Waals surface area contributed by atoms with Gasteiger partial charge < -0.3 is 0 Å². The Morgan fingerprint density at radius 3 is 2.07 bits per heavy atom. The predicted molar refractivity (Wildman–Crippen MR) is 56.7 cm³/mol. The lowest BCUT2D eigenvalue weighted by atomic mass is 9.96. The van der Waals surface area contributed by atoms with Gasteiger partial charge in [-0.25, -0.2) is 14.2 Å². The molecule has 0 fully saturated rings. The van der Waals surface area contributed by atoms with Gasteiger partial charge in [0, 0.05) is 0 Å². The highest BCUT2D eigenvalue weighted by Gasteiger charge is 2.22. The molecule has 0 amide bonds. The average Bonchev–Trinajstić information content (AvgIpc) is 2.14. The zero-order valence-electron chi connectivity index (χ0n) is 9.14. The van der Waals surface area contributed by atoms with Crippen LogP contribution in [0, 0.1) is 20.8 Å². The van der Waals surface area contributed by atoms with E-state index in [2.05, 4.69) is 5.43 Å². The normalized spacial score (nSPS) is 13.3. The van der Waals surface area contributed by atoms with E-state index in [0.717, 1.165) is 16.7 Å². The number of hydrogen-bond acceptors (Lipinski definition) is 2. The molecule has 0 saturated heterocycles. The topological polar surface area (TPSA) is 38.0 Å². The summed E-state index contributed by atoms with van der Waals surface area (Å²) in [6, 6.07) is 2.57. The molecule has 0 aliphatic rings. The fourth-order valence-corrected chi connectivity index (χ4v) is 1.62. The zero-order chi connectivity index (χ0) is 11.6. The van der Waals surface area contributed by atoms with Crippen molar-refractivity contribution in [2.75, 3.05) is 0 Å². The minimum atomic E-state index is -2.50. The highest BCUT2D eigenvalue weighted by molar-refractivity contribution is 5.38. The Hall–Kier alpha value is -1.00. The summed E-state index contributed by atoms with van der Waals surface area (Å²) >= 11 is 0. The second-order valence-corrected chi connectivity index (χ2v) is 3.77. The zero-order valence-corrected chi connectivity index (χ0v) is 9.14. The Morgan fingerprint density at radius 2 is 1.60 bits per heavy atom. The van der Waals surface area contributed by atoms with Crippen LogP contribution in [0.25, 0.3) is 0 Å². The maximum atomic E-state index is 12.7. The highest BCUT2D eigenvalue weighted by Crippen LogP contribution is 2.25. The van der Waals surface area contributed by atoms with Gasteiger partial charge in [-0.1, -0.05) is 12.1 Å². The quantitative estimate of drug-likeness (QED) is 0.599. The summed E-state index contributed by atoms with van der Waals surface area (Å²) in [6.07, 6.45) is -2.50. The molecule has 0 aliphatic heterocycles. The van der Waals surface area contributed by atoms with Crippen LogP contribution in [0.4, 0.5) is 8.78 Å². The first-order valence-corrected chi connectivity index (χ1v) is 4.79. The molecule has 15 heavy (non-hydrogen) atoms. The van der Waals surface area contributed by atoms with Crippen LogP contribution < -0.4 is 11.3 Å². The summed E-state index contributed by atoms with van der Waals surface area (Å²) in [5.74, 6) is 5.13. The fourth-order valence-electron chi connectivity index (χ4n) is 1.62. The van der Waals surface area contributed by atoms with Crippen molar-refractivity contribution in [2.45, 2.75) is 33.2 Å². The Bertz CT molecular complexity index is 351. The smallest absolute Gasteiger partial charge is 0.259 e. The number of benzene rings is 1. The first-order valence-electron chi connectivity index (χ1n) is 4.79. The fraction of sp³-hybridized carbons (Fsp3) is 0.455. The Labute approximate surface area is 88.4 Å². The highest BCUT2D eigenvalue weighted by atomic mass is 19.3. The molecular formula is C11H16F2N2. The molecule has 1 aromatic rings. The molecule has 1 unspecified atom stereocenters. The van der Waals surface area contributed by atoms with Crippen LogP contribution in [0.5, 0.6) is 0 Å². The maximum absolute atomic E-state index is 12.7. The van der Waals surface area contributed by atoms with Crippen LogP contribution in [-0.4, -0.2) is 6.43 Å². The summed E-state index contributed by atoms with van der Waals surface area (Å²) in [6.45, 7) is 5.67. The van der Waals surface area contributed by atoms with Gasteiger partial charge in [-0.15, -0.1) is 0 Å². The Morgan fingerprint density at radius 1 is 1.07 bits per heavy atom. The monoisotopic (exact) mass is 214 g/mol. The lowest BCUT2D eigenvalue weighted by Crippen LogP contribution is -2.33. The van der Waals surface area contributed by atoms with Crippen LogP contribution in [0.2, 0.25) is 0 Å². The largest absolute Gasteiger partial charge is 0.271 e. The van der Waals surface area contributed by atoms with Gasteiger partial charge in [0.25, 0.3) is 6.43 Å². The summed E-state index contributed by atoms with van der Waals surface area (Å²) in [5, 5.41) is 0. The van der Waals surface area contributed by atoms with Gasteiger partial charge >= 0.3 is 0 Å². The van der Waals surface area contributed by atoms with Crippen molar-refractivity contribution in [1.82, 2.24) is 5.43 Å². The molecule has 2 nitrogen and oxygen atoms in total. The molecule has 1 aromatic carbocycles. The van der Waals surface area contributed by atoms with Gasteiger partial charge in [-0.2, -0.15) is 0 Å². The SMILES string of the molecule is Cc1cc(C)c(C(NN)C(F)F)cc1C. The van der Waals surface area contributed by atoms with Crippen LogP contribution in [-0.2, 0) is 0 Å². The van der Waals surface area contributed by atoms with Gasteiger partial charge in [0.05, 0.1) is 0 Å². The standard InChI is InChI=1S/C11H16F2N2/c1-6-4-8(3)9(5-7(6)2)10(15-14)11(12)13/h4-5,10-11,15H,14H2,1-3H3. The molecule has 0 spiro atoms. The van der Waals surface area contributed by atoms with Gasteiger partial charge in [-0.3, -0.25) is 5.84 Å². The van der Waals surface area contributed by atoms with Gasteiger partial charge in [0.15, 0.2) is 0 Å². The van der Waals surface area contributed by atoms with Crippen LogP contribution in [0.15, 0.2) is 12.1 Å². The van der Waals surface area contributed by atoms with E-state index < -0.39 is 12.5 Å². The van der Waals surface area contributed by atoms with Crippen molar-refractivity contribution in [1.29, 1.82) is 0 Å². The van der Waals surface area contributed by atoms with Crippen molar-refractivity contribution in [3.8, 4) is 0 Å². The minimum Gasteiger partial charge on any atom is -0.271 e. The molecule has 0 saturated carbocycles. The molecule has 0 radical (unpaired) electrons. The van der Waals surface area contributed by atoms with Gasteiger partial charge in [0.1, 0.15) is 6.04 Å². The molecule has 84 valence electrons. The summed E-state index contributed by atoms with van der Waals surface area (Å²) in [7, 11) is 0.